The van der Waals surface area contributed by atoms with Gasteiger partial charge in [-0.2, -0.15) is 0 Å². The average molecular weight is 467 g/mol. The lowest BCUT2D eigenvalue weighted by Gasteiger charge is -2.44. The summed E-state index contributed by atoms with van der Waals surface area (Å²) in [6.07, 6.45) is 3.68. The molecule has 0 radical (unpaired) electrons. The third-order valence-corrected chi connectivity index (χ3v) is 9.31. The van der Waals surface area contributed by atoms with Gasteiger partial charge in [0.05, 0.1) is 23.2 Å². The molecule has 3 aliphatic heterocycles. The molecule has 0 aromatic rings. The van der Waals surface area contributed by atoms with Crippen molar-refractivity contribution in [3.8, 4) is 0 Å². The second-order valence-electron chi connectivity index (χ2n) is 10.2. The highest BCUT2D eigenvalue weighted by Gasteiger charge is 2.76. The second-order valence-corrected chi connectivity index (χ2v) is 11.7. The number of hydrogen-bond acceptors (Lipinski definition) is 6. The number of nitrogens with zero attached hydrogens (tertiary/aromatic N) is 2. The number of ether oxygens (including phenoxy) is 1. The van der Waals surface area contributed by atoms with Gasteiger partial charge in [0.1, 0.15) is 6.04 Å². The topological polar surface area (TPSA) is 87.2 Å². The normalized spacial score (nSPS) is 33.4. The molecule has 3 rings (SSSR count). The predicted molar refractivity (Wildman–Crippen MR) is 125 cm³/mol. The monoisotopic (exact) mass is 466 g/mol. The second kappa shape index (κ2) is 9.37. The molecule has 0 aromatic heterocycles. The first-order chi connectivity index (χ1) is 15.1. The van der Waals surface area contributed by atoms with Gasteiger partial charge in [-0.3, -0.25) is 14.4 Å². The summed E-state index contributed by atoms with van der Waals surface area (Å²) in [6, 6.07) is -0.637. The smallest absolute Gasteiger partial charge is 0.310 e. The van der Waals surface area contributed by atoms with Crippen LogP contribution >= 0.6 is 11.8 Å². The zero-order chi connectivity index (χ0) is 23.8. The number of rotatable bonds is 9. The van der Waals surface area contributed by atoms with Crippen LogP contribution in [0.4, 0.5) is 0 Å². The Hall–Kier alpha value is -1.54. The van der Waals surface area contributed by atoms with Crippen molar-refractivity contribution in [2.24, 2.45) is 17.8 Å². The minimum atomic E-state index is -0.639. The molecule has 6 atom stereocenters. The summed E-state index contributed by atoms with van der Waals surface area (Å²) < 4.78 is 4.73. The van der Waals surface area contributed by atoms with Crippen LogP contribution in [0.5, 0.6) is 0 Å². The van der Waals surface area contributed by atoms with Crippen LogP contribution in [-0.4, -0.2) is 80.6 Å². The van der Waals surface area contributed by atoms with Crippen molar-refractivity contribution in [1.29, 1.82) is 0 Å². The van der Waals surface area contributed by atoms with E-state index in [1.54, 1.807) is 34.6 Å². The van der Waals surface area contributed by atoms with E-state index in [1.807, 2.05) is 20.8 Å². The number of unbranched alkanes of at least 4 members (excludes halogenated alkanes) is 1. The van der Waals surface area contributed by atoms with Gasteiger partial charge in [0.2, 0.25) is 11.8 Å². The SMILES string of the molecule is C=CCN(C(=O)C1N(CCCCO)C(=O)[C@@H]2[C@@H](C(=O)OCC)[C@H]3CC(C)C12S3)C(C)(C)C. The van der Waals surface area contributed by atoms with Crippen molar-refractivity contribution >= 4 is 29.5 Å². The number of carbonyl (C=O) groups excluding carboxylic acids is 3. The highest BCUT2D eigenvalue weighted by Crippen LogP contribution is 2.68. The third kappa shape index (κ3) is 3.87. The van der Waals surface area contributed by atoms with Gasteiger partial charge in [-0.15, -0.1) is 18.3 Å². The fourth-order valence-corrected chi connectivity index (χ4v) is 8.31. The number of carbonyl (C=O) groups is 3. The number of aliphatic hydroxyl groups is 1. The van der Waals surface area contributed by atoms with Gasteiger partial charge in [0, 0.05) is 30.5 Å². The van der Waals surface area contributed by atoms with E-state index in [0.717, 1.165) is 6.42 Å². The van der Waals surface area contributed by atoms with Crippen molar-refractivity contribution in [2.45, 2.75) is 75.5 Å². The summed E-state index contributed by atoms with van der Waals surface area (Å²) in [5, 5.41) is 9.27. The van der Waals surface area contributed by atoms with E-state index >= 15 is 0 Å². The number of likely N-dealkylation sites (tertiary alicyclic amines) is 1. The minimum absolute atomic E-state index is 0.00428. The number of aliphatic hydroxyl groups excluding tert-OH is 1. The van der Waals surface area contributed by atoms with Crippen LogP contribution in [-0.2, 0) is 19.1 Å². The van der Waals surface area contributed by atoms with Gasteiger partial charge in [-0.25, -0.2) is 0 Å². The molecule has 8 heteroatoms. The summed E-state index contributed by atoms with van der Waals surface area (Å²) in [4.78, 5) is 44.4. The Morgan fingerprint density at radius 1 is 1.38 bits per heavy atom. The zero-order valence-corrected chi connectivity index (χ0v) is 20.8. The summed E-state index contributed by atoms with van der Waals surface area (Å²) in [6.45, 7) is 14.8. The molecule has 3 unspecified atom stereocenters. The Morgan fingerprint density at radius 3 is 2.62 bits per heavy atom. The van der Waals surface area contributed by atoms with Gasteiger partial charge in [-0.1, -0.05) is 13.0 Å². The molecule has 0 aliphatic carbocycles. The van der Waals surface area contributed by atoms with Gasteiger partial charge in [-0.05, 0) is 52.9 Å². The molecule has 0 saturated carbocycles. The fraction of sp³-hybridized carbons (Fsp3) is 0.792. The lowest BCUT2D eigenvalue weighted by atomic mass is 9.66. The zero-order valence-electron chi connectivity index (χ0n) is 20.0. The molecule has 7 nitrogen and oxygen atoms in total. The van der Waals surface area contributed by atoms with Crippen LogP contribution in [0.1, 0.15) is 53.9 Å². The van der Waals surface area contributed by atoms with Gasteiger partial charge in [0.25, 0.3) is 0 Å². The van der Waals surface area contributed by atoms with Crippen LogP contribution in [0.2, 0.25) is 0 Å². The fourth-order valence-electron chi connectivity index (χ4n) is 5.91. The van der Waals surface area contributed by atoms with Crippen LogP contribution in [0.15, 0.2) is 12.7 Å². The number of esters is 1. The first-order valence-corrected chi connectivity index (χ1v) is 12.6. The molecule has 1 spiro atoms. The molecule has 3 heterocycles. The summed E-state index contributed by atoms with van der Waals surface area (Å²) in [5.74, 6) is -1.45. The first-order valence-electron chi connectivity index (χ1n) is 11.7. The highest BCUT2D eigenvalue weighted by atomic mass is 32.2. The number of thioether (sulfide) groups is 1. The maximum Gasteiger partial charge on any atom is 0.310 e. The Bertz CT molecular complexity index is 766. The van der Waals surface area contributed by atoms with E-state index in [0.29, 0.717) is 25.9 Å². The Balaban J connectivity index is 2.08. The molecule has 3 fully saturated rings. The van der Waals surface area contributed by atoms with Crippen molar-refractivity contribution < 1.29 is 24.2 Å². The van der Waals surface area contributed by atoms with Crippen molar-refractivity contribution in [2.75, 3.05) is 26.3 Å². The predicted octanol–water partition coefficient (Wildman–Crippen LogP) is 2.47. The number of hydrogen-bond donors (Lipinski definition) is 1. The summed E-state index contributed by atoms with van der Waals surface area (Å²) in [5.41, 5.74) is -0.440. The van der Waals surface area contributed by atoms with Gasteiger partial charge < -0.3 is 19.6 Å². The molecule has 3 saturated heterocycles. The average Bonchev–Trinajstić information content (AvgIpc) is 3.29. The molecule has 32 heavy (non-hydrogen) atoms. The van der Waals surface area contributed by atoms with Crippen molar-refractivity contribution in [1.82, 2.24) is 9.80 Å². The molecule has 1 N–H and O–H groups in total. The summed E-state index contributed by atoms with van der Waals surface area (Å²) in [7, 11) is 0. The highest BCUT2D eigenvalue weighted by molar-refractivity contribution is 8.02. The minimum Gasteiger partial charge on any atom is -0.466 e. The standard InChI is InChI=1S/C24H38N2O5S/c1-7-11-26(23(4,5)6)21(29)19-24-15(3)14-16(32-24)17(22(30)31-8-2)18(24)20(28)25(19)12-9-10-13-27/h7,15-19,27H,1,8-14H2,2-6H3/t15?,16-,17+,18+,19?,24?/m1/s1. The lowest BCUT2D eigenvalue weighted by Crippen LogP contribution is -2.60. The molecule has 2 amide bonds. The number of fused-ring (bicyclic) bond motifs is 1. The quantitative estimate of drug-likeness (QED) is 0.319. The lowest BCUT2D eigenvalue weighted by molar-refractivity contribution is -0.154. The summed E-state index contributed by atoms with van der Waals surface area (Å²) >= 11 is 1.66. The van der Waals surface area contributed by atoms with Crippen molar-refractivity contribution in [3.63, 3.8) is 0 Å². The van der Waals surface area contributed by atoms with E-state index in [4.69, 9.17) is 4.74 Å². The Kier molecular flexibility index (Phi) is 7.35. The molecular formula is C24H38N2O5S. The molecule has 180 valence electrons. The Morgan fingerprint density at radius 2 is 2.06 bits per heavy atom. The van der Waals surface area contributed by atoms with Crippen molar-refractivity contribution in [3.05, 3.63) is 12.7 Å². The molecule has 3 aliphatic rings. The third-order valence-electron chi connectivity index (χ3n) is 7.23. The largest absolute Gasteiger partial charge is 0.466 e. The van der Waals surface area contributed by atoms with Gasteiger partial charge in [0.15, 0.2) is 0 Å². The molecule has 0 aromatic carbocycles. The molecular weight excluding hydrogens is 428 g/mol. The van der Waals surface area contributed by atoms with Crippen LogP contribution in [0.25, 0.3) is 0 Å². The Labute approximate surface area is 195 Å². The maximum atomic E-state index is 14.1. The van der Waals surface area contributed by atoms with Crippen LogP contribution < -0.4 is 0 Å². The van der Waals surface area contributed by atoms with E-state index in [2.05, 4.69) is 13.5 Å². The van der Waals surface area contributed by atoms with E-state index in [-0.39, 0.29) is 42.2 Å². The maximum absolute atomic E-state index is 14.1. The van der Waals surface area contributed by atoms with E-state index in [9.17, 15) is 19.5 Å². The molecule has 2 bridgehead atoms. The van der Waals surface area contributed by atoms with Crippen LogP contribution in [0, 0.1) is 17.8 Å². The van der Waals surface area contributed by atoms with Crippen LogP contribution in [0.3, 0.4) is 0 Å². The van der Waals surface area contributed by atoms with Gasteiger partial charge >= 0.3 is 5.97 Å². The van der Waals surface area contributed by atoms with E-state index < -0.39 is 28.2 Å². The van der Waals surface area contributed by atoms with E-state index in [1.165, 1.54) is 0 Å². The number of amides is 2. The first kappa shape index (κ1) is 25.1.